The Morgan fingerprint density at radius 3 is 2.76 bits per heavy atom. The topological polar surface area (TPSA) is 76.9 Å². The van der Waals surface area contributed by atoms with Gasteiger partial charge < -0.3 is 5.32 Å². The highest BCUT2D eigenvalue weighted by atomic mass is 19.1. The van der Waals surface area contributed by atoms with E-state index in [1.807, 2.05) is 0 Å². The van der Waals surface area contributed by atoms with Crippen molar-refractivity contribution in [1.29, 1.82) is 0 Å². The van der Waals surface area contributed by atoms with Gasteiger partial charge in [-0.25, -0.2) is 9.07 Å². The highest BCUT2D eigenvalue weighted by Crippen LogP contribution is 2.07. The quantitative estimate of drug-likeness (QED) is 0.719. The Morgan fingerprint density at radius 2 is 1.92 bits per heavy atom. The minimum atomic E-state index is -0.399. The number of carbonyl (C=O) groups is 1. The van der Waals surface area contributed by atoms with Crippen molar-refractivity contribution in [2.24, 2.45) is 0 Å². The van der Waals surface area contributed by atoms with Gasteiger partial charge >= 0.3 is 0 Å². The first kappa shape index (κ1) is 16.5. The third-order valence-corrected chi connectivity index (χ3v) is 3.57. The molecule has 0 aliphatic carbocycles. The normalized spacial score (nSPS) is 11.1. The van der Waals surface area contributed by atoms with Crippen molar-refractivity contribution in [1.82, 2.24) is 20.3 Å². The molecule has 0 fully saturated rings. The standard InChI is InChI=1S/C18H15FN4O2/c19-15-7-3-1-5-13(15)9-10-17(24)20-11-12-23-18(25)14-6-2-4-8-16(14)21-22-23/h1-10H,11-12H2,(H,20,24). The molecular formula is C18H15FN4O2. The van der Waals surface area contributed by atoms with Crippen LogP contribution in [-0.2, 0) is 11.3 Å². The number of amides is 1. The average molecular weight is 338 g/mol. The van der Waals surface area contributed by atoms with E-state index in [1.165, 1.54) is 22.9 Å². The van der Waals surface area contributed by atoms with E-state index in [9.17, 15) is 14.0 Å². The second-order valence-electron chi connectivity index (χ2n) is 5.28. The molecule has 1 aromatic heterocycles. The second kappa shape index (κ2) is 7.48. The third kappa shape index (κ3) is 3.95. The molecule has 0 bridgehead atoms. The summed E-state index contributed by atoms with van der Waals surface area (Å²) >= 11 is 0. The Kier molecular flexibility index (Phi) is 4.94. The van der Waals surface area contributed by atoms with E-state index in [1.54, 1.807) is 42.5 Å². The molecule has 25 heavy (non-hydrogen) atoms. The van der Waals surface area contributed by atoms with Gasteiger partial charge in [-0.1, -0.05) is 35.5 Å². The van der Waals surface area contributed by atoms with Gasteiger partial charge in [-0.3, -0.25) is 9.59 Å². The largest absolute Gasteiger partial charge is 0.351 e. The molecule has 126 valence electrons. The molecule has 1 N–H and O–H groups in total. The Morgan fingerprint density at radius 1 is 1.16 bits per heavy atom. The minimum absolute atomic E-state index is 0.190. The molecule has 2 aromatic carbocycles. The van der Waals surface area contributed by atoms with E-state index in [-0.39, 0.29) is 24.6 Å². The summed E-state index contributed by atoms with van der Waals surface area (Å²) in [4.78, 5) is 24.0. The Bertz CT molecular complexity index is 998. The van der Waals surface area contributed by atoms with Crippen molar-refractivity contribution in [3.05, 3.63) is 76.3 Å². The summed E-state index contributed by atoms with van der Waals surface area (Å²) in [6.45, 7) is 0.392. The summed E-state index contributed by atoms with van der Waals surface area (Å²) < 4.78 is 14.6. The van der Waals surface area contributed by atoms with Gasteiger partial charge in [-0.15, -0.1) is 5.10 Å². The van der Waals surface area contributed by atoms with E-state index in [0.29, 0.717) is 16.5 Å². The van der Waals surface area contributed by atoms with Crippen molar-refractivity contribution in [2.45, 2.75) is 6.54 Å². The number of nitrogens with zero attached hydrogens (tertiary/aromatic N) is 3. The average Bonchev–Trinajstić information content (AvgIpc) is 2.63. The van der Waals surface area contributed by atoms with Crippen molar-refractivity contribution < 1.29 is 9.18 Å². The zero-order chi connectivity index (χ0) is 17.6. The van der Waals surface area contributed by atoms with Crippen molar-refractivity contribution >= 4 is 22.9 Å². The van der Waals surface area contributed by atoms with Gasteiger partial charge in [0.15, 0.2) is 0 Å². The predicted octanol–water partition coefficient (Wildman–Crippen LogP) is 1.76. The zero-order valence-electron chi connectivity index (χ0n) is 13.2. The van der Waals surface area contributed by atoms with E-state index >= 15 is 0 Å². The first-order valence-electron chi connectivity index (χ1n) is 7.68. The number of hydrogen-bond acceptors (Lipinski definition) is 4. The van der Waals surface area contributed by atoms with Crippen LogP contribution < -0.4 is 10.9 Å². The van der Waals surface area contributed by atoms with Crippen molar-refractivity contribution in [2.75, 3.05) is 6.54 Å². The van der Waals surface area contributed by atoms with Crippen LogP contribution in [0.15, 0.2) is 59.4 Å². The van der Waals surface area contributed by atoms with Crippen LogP contribution in [0.25, 0.3) is 17.0 Å². The van der Waals surface area contributed by atoms with Crippen LogP contribution >= 0.6 is 0 Å². The molecule has 1 amide bonds. The maximum Gasteiger partial charge on any atom is 0.277 e. The predicted molar refractivity (Wildman–Crippen MR) is 92.2 cm³/mol. The number of benzene rings is 2. The van der Waals surface area contributed by atoms with Gasteiger partial charge in [0.2, 0.25) is 5.91 Å². The van der Waals surface area contributed by atoms with Gasteiger partial charge in [-0.05, 0) is 24.3 Å². The third-order valence-electron chi connectivity index (χ3n) is 3.57. The Balaban J connectivity index is 1.60. The Labute approximate surface area is 142 Å². The number of aromatic nitrogens is 3. The summed E-state index contributed by atoms with van der Waals surface area (Å²) in [7, 11) is 0. The lowest BCUT2D eigenvalue weighted by Crippen LogP contribution is -2.31. The molecule has 0 saturated carbocycles. The molecular weight excluding hydrogens is 323 g/mol. The highest BCUT2D eigenvalue weighted by molar-refractivity contribution is 5.91. The molecule has 0 unspecified atom stereocenters. The van der Waals surface area contributed by atoms with Gasteiger partial charge in [0.1, 0.15) is 11.3 Å². The molecule has 3 rings (SSSR count). The molecule has 7 heteroatoms. The number of hydrogen-bond donors (Lipinski definition) is 1. The lowest BCUT2D eigenvalue weighted by Gasteiger charge is -2.05. The van der Waals surface area contributed by atoms with Crippen LogP contribution in [0.5, 0.6) is 0 Å². The first-order valence-corrected chi connectivity index (χ1v) is 7.68. The highest BCUT2D eigenvalue weighted by Gasteiger charge is 2.05. The molecule has 0 atom stereocenters. The van der Waals surface area contributed by atoms with Crippen LogP contribution in [-0.4, -0.2) is 27.4 Å². The first-order chi connectivity index (χ1) is 12.1. The maximum atomic E-state index is 13.4. The minimum Gasteiger partial charge on any atom is -0.351 e. The second-order valence-corrected chi connectivity index (χ2v) is 5.28. The molecule has 0 radical (unpaired) electrons. The summed E-state index contributed by atoms with van der Waals surface area (Å²) in [5.74, 6) is -0.783. The summed E-state index contributed by atoms with van der Waals surface area (Å²) in [5.41, 5.74) is 0.594. The smallest absolute Gasteiger partial charge is 0.277 e. The fraction of sp³-hybridized carbons (Fsp3) is 0.111. The van der Waals surface area contributed by atoms with Gasteiger partial charge in [-0.2, -0.15) is 0 Å². The number of carbonyl (C=O) groups excluding carboxylic acids is 1. The number of fused-ring (bicyclic) bond motifs is 1. The molecule has 0 aliphatic heterocycles. The van der Waals surface area contributed by atoms with Crippen molar-refractivity contribution in [3.8, 4) is 0 Å². The molecule has 3 aromatic rings. The fourth-order valence-corrected chi connectivity index (χ4v) is 2.29. The molecule has 6 nitrogen and oxygen atoms in total. The monoisotopic (exact) mass is 338 g/mol. The van der Waals surface area contributed by atoms with Crippen LogP contribution in [0.4, 0.5) is 4.39 Å². The number of rotatable bonds is 5. The van der Waals surface area contributed by atoms with Gasteiger partial charge in [0.05, 0.1) is 11.9 Å². The Hall–Kier alpha value is -3.35. The van der Waals surface area contributed by atoms with Gasteiger partial charge in [0, 0.05) is 18.2 Å². The van der Waals surface area contributed by atoms with Crippen LogP contribution in [0.1, 0.15) is 5.56 Å². The maximum absolute atomic E-state index is 13.4. The van der Waals surface area contributed by atoms with E-state index in [0.717, 1.165) is 0 Å². The number of nitrogens with one attached hydrogen (secondary N) is 1. The van der Waals surface area contributed by atoms with E-state index in [4.69, 9.17) is 0 Å². The summed E-state index contributed by atoms with van der Waals surface area (Å²) in [6.07, 6.45) is 2.64. The molecule has 0 spiro atoms. The summed E-state index contributed by atoms with van der Waals surface area (Å²) in [5, 5.41) is 10.9. The SMILES string of the molecule is O=C(C=Cc1ccccc1F)NCCn1nnc2ccccc2c1=O. The van der Waals surface area contributed by atoms with Crippen LogP contribution in [0.2, 0.25) is 0 Å². The summed E-state index contributed by atoms with van der Waals surface area (Å²) in [6, 6.07) is 13.1. The molecule has 0 saturated heterocycles. The lowest BCUT2D eigenvalue weighted by molar-refractivity contribution is -0.116. The van der Waals surface area contributed by atoms with Crippen LogP contribution in [0.3, 0.4) is 0 Å². The zero-order valence-corrected chi connectivity index (χ0v) is 13.2. The fourth-order valence-electron chi connectivity index (χ4n) is 2.29. The van der Waals surface area contributed by atoms with Crippen LogP contribution in [0, 0.1) is 5.82 Å². The molecule has 1 heterocycles. The van der Waals surface area contributed by atoms with Crippen molar-refractivity contribution in [3.63, 3.8) is 0 Å². The van der Waals surface area contributed by atoms with Gasteiger partial charge in [0.25, 0.3) is 5.56 Å². The molecule has 0 aliphatic rings. The number of halogens is 1. The van der Waals surface area contributed by atoms with E-state index < -0.39 is 5.82 Å². The van der Waals surface area contributed by atoms with E-state index in [2.05, 4.69) is 15.6 Å². The lowest BCUT2D eigenvalue weighted by atomic mass is 10.2.